The molecule has 0 fully saturated rings. The number of aryl methyl sites for hydroxylation is 2. The molecule has 1 aromatic heterocycles. The van der Waals surface area contributed by atoms with Gasteiger partial charge in [0, 0.05) is 19.0 Å². The molecule has 0 radical (unpaired) electrons. The summed E-state index contributed by atoms with van der Waals surface area (Å²) in [5.74, 6) is 1.08. The number of aromatic nitrogens is 3. The molecule has 1 N–H and O–H groups in total. The van der Waals surface area contributed by atoms with Crippen molar-refractivity contribution in [3.8, 4) is 0 Å². The molecular weight excluding hydrogens is 236 g/mol. The van der Waals surface area contributed by atoms with Crippen LogP contribution in [0.2, 0.25) is 0 Å². The van der Waals surface area contributed by atoms with E-state index in [9.17, 15) is 0 Å². The maximum Gasteiger partial charge on any atom is 0.138 e. The third kappa shape index (κ3) is 3.64. The number of rotatable bonds is 7. The first kappa shape index (κ1) is 13.7. The van der Waals surface area contributed by atoms with E-state index in [1.54, 1.807) is 6.33 Å². The Labute approximate surface area is 114 Å². The molecule has 102 valence electrons. The summed E-state index contributed by atoms with van der Waals surface area (Å²) < 4.78 is 2.01. The van der Waals surface area contributed by atoms with Crippen LogP contribution in [0.15, 0.2) is 36.7 Å². The van der Waals surface area contributed by atoms with Gasteiger partial charge in [-0.3, -0.25) is 4.68 Å². The Morgan fingerprint density at radius 2 is 2.05 bits per heavy atom. The quantitative estimate of drug-likeness (QED) is 0.830. The maximum absolute atomic E-state index is 4.36. The Morgan fingerprint density at radius 1 is 1.26 bits per heavy atom. The van der Waals surface area contributed by atoms with Gasteiger partial charge in [-0.25, -0.2) is 4.98 Å². The minimum atomic E-state index is 0.368. The van der Waals surface area contributed by atoms with Crippen molar-refractivity contribution >= 4 is 0 Å². The summed E-state index contributed by atoms with van der Waals surface area (Å²) in [6.45, 7) is 3.11. The van der Waals surface area contributed by atoms with Crippen LogP contribution in [0.25, 0.3) is 0 Å². The van der Waals surface area contributed by atoms with Gasteiger partial charge in [0.15, 0.2) is 0 Å². The summed E-state index contributed by atoms with van der Waals surface area (Å²) in [5, 5.41) is 7.64. The fraction of sp³-hybridized carbons (Fsp3) is 0.467. The topological polar surface area (TPSA) is 42.7 Å². The summed E-state index contributed by atoms with van der Waals surface area (Å²) in [5.41, 5.74) is 1.33. The van der Waals surface area contributed by atoms with E-state index in [1.165, 1.54) is 5.56 Å². The molecule has 4 heteroatoms. The molecule has 0 saturated carbocycles. The zero-order valence-corrected chi connectivity index (χ0v) is 11.7. The Morgan fingerprint density at radius 3 is 2.74 bits per heavy atom. The molecule has 1 heterocycles. The van der Waals surface area contributed by atoms with Crippen LogP contribution in [0.4, 0.5) is 0 Å². The SMILES string of the molecule is CCCn1ncnc1CCC(NC)c1ccccc1. The summed E-state index contributed by atoms with van der Waals surface area (Å²) in [6, 6.07) is 10.9. The van der Waals surface area contributed by atoms with Crippen molar-refractivity contribution in [2.75, 3.05) is 7.05 Å². The molecule has 1 unspecified atom stereocenters. The lowest BCUT2D eigenvalue weighted by Gasteiger charge is -2.16. The Kier molecular flexibility index (Phi) is 5.10. The molecule has 2 aromatic rings. The van der Waals surface area contributed by atoms with E-state index in [0.717, 1.165) is 31.6 Å². The second-order valence-corrected chi connectivity index (χ2v) is 4.69. The molecule has 1 aromatic carbocycles. The fourth-order valence-electron chi connectivity index (χ4n) is 2.32. The molecule has 0 aliphatic carbocycles. The molecule has 0 spiro atoms. The largest absolute Gasteiger partial charge is 0.313 e. The summed E-state index contributed by atoms with van der Waals surface area (Å²) in [6.07, 6.45) is 4.72. The lowest BCUT2D eigenvalue weighted by atomic mass is 10.0. The highest BCUT2D eigenvalue weighted by molar-refractivity contribution is 5.18. The predicted molar refractivity (Wildman–Crippen MR) is 76.9 cm³/mol. The van der Waals surface area contributed by atoms with Gasteiger partial charge in [0.2, 0.25) is 0 Å². The molecule has 0 bridgehead atoms. The molecule has 19 heavy (non-hydrogen) atoms. The zero-order chi connectivity index (χ0) is 13.5. The highest BCUT2D eigenvalue weighted by Gasteiger charge is 2.11. The van der Waals surface area contributed by atoms with E-state index in [0.29, 0.717) is 6.04 Å². The molecular formula is C15H22N4. The van der Waals surface area contributed by atoms with Gasteiger partial charge in [-0.2, -0.15) is 5.10 Å². The summed E-state index contributed by atoms with van der Waals surface area (Å²) in [7, 11) is 2.01. The van der Waals surface area contributed by atoms with Crippen LogP contribution in [0.3, 0.4) is 0 Å². The fourth-order valence-corrected chi connectivity index (χ4v) is 2.32. The maximum atomic E-state index is 4.36. The van der Waals surface area contributed by atoms with Crippen molar-refractivity contribution in [2.24, 2.45) is 0 Å². The third-order valence-electron chi connectivity index (χ3n) is 3.34. The number of hydrogen-bond donors (Lipinski definition) is 1. The second-order valence-electron chi connectivity index (χ2n) is 4.69. The van der Waals surface area contributed by atoms with E-state index >= 15 is 0 Å². The average Bonchev–Trinajstić information content (AvgIpc) is 2.89. The molecule has 0 saturated heterocycles. The third-order valence-corrected chi connectivity index (χ3v) is 3.34. The predicted octanol–water partition coefficient (Wildman–Crippen LogP) is 2.58. The van der Waals surface area contributed by atoms with Crippen molar-refractivity contribution < 1.29 is 0 Å². The lowest BCUT2D eigenvalue weighted by molar-refractivity contribution is 0.511. The Balaban J connectivity index is 1.98. The van der Waals surface area contributed by atoms with Gasteiger partial charge < -0.3 is 5.32 Å². The van der Waals surface area contributed by atoms with Gasteiger partial charge in [0.25, 0.3) is 0 Å². The van der Waals surface area contributed by atoms with Gasteiger partial charge in [-0.1, -0.05) is 37.3 Å². The minimum absolute atomic E-state index is 0.368. The molecule has 2 rings (SSSR count). The van der Waals surface area contributed by atoms with E-state index in [-0.39, 0.29) is 0 Å². The van der Waals surface area contributed by atoms with Crippen LogP contribution in [-0.2, 0) is 13.0 Å². The standard InChI is InChI=1S/C15H22N4/c1-3-11-19-15(17-12-18-19)10-9-14(16-2)13-7-5-4-6-8-13/h4-8,12,14,16H,3,9-11H2,1-2H3. The van der Waals surface area contributed by atoms with Crippen molar-refractivity contribution in [1.82, 2.24) is 20.1 Å². The first-order valence-electron chi connectivity index (χ1n) is 6.94. The van der Waals surface area contributed by atoms with Crippen LogP contribution < -0.4 is 5.32 Å². The van der Waals surface area contributed by atoms with Crippen LogP contribution in [0.5, 0.6) is 0 Å². The van der Waals surface area contributed by atoms with Gasteiger partial charge >= 0.3 is 0 Å². The Hall–Kier alpha value is -1.68. The van der Waals surface area contributed by atoms with Crippen LogP contribution >= 0.6 is 0 Å². The lowest BCUT2D eigenvalue weighted by Crippen LogP contribution is -2.18. The first-order valence-corrected chi connectivity index (χ1v) is 6.94. The van der Waals surface area contributed by atoms with Crippen molar-refractivity contribution in [1.29, 1.82) is 0 Å². The summed E-state index contributed by atoms with van der Waals surface area (Å²) in [4.78, 5) is 4.36. The van der Waals surface area contributed by atoms with Crippen molar-refractivity contribution in [3.05, 3.63) is 48.0 Å². The monoisotopic (exact) mass is 258 g/mol. The van der Waals surface area contributed by atoms with E-state index in [1.807, 2.05) is 17.8 Å². The van der Waals surface area contributed by atoms with Crippen molar-refractivity contribution in [3.63, 3.8) is 0 Å². The molecule has 0 aliphatic heterocycles. The normalized spacial score (nSPS) is 12.5. The number of hydrogen-bond acceptors (Lipinski definition) is 3. The van der Waals surface area contributed by atoms with Crippen LogP contribution in [0, 0.1) is 0 Å². The molecule has 0 amide bonds. The molecule has 1 atom stereocenters. The number of nitrogens with one attached hydrogen (secondary N) is 1. The van der Waals surface area contributed by atoms with Gasteiger partial charge in [-0.15, -0.1) is 0 Å². The number of benzene rings is 1. The highest BCUT2D eigenvalue weighted by atomic mass is 15.3. The van der Waals surface area contributed by atoms with Gasteiger partial charge in [0.1, 0.15) is 12.2 Å². The Bertz CT molecular complexity index is 478. The second kappa shape index (κ2) is 7.04. The van der Waals surface area contributed by atoms with Crippen LogP contribution in [0.1, 0.15) is 37.2 Å². The first-order chi connectivity index (χ1) is 9.35. The molecule has 4 nitrogen and oxygen atoms in total. The van der Waals surface area contributed by atoms with E-state index in [2.05, 4.69) is 46.6 Å². The minimum Gasteiger partial charge on any atom is -0.313 e. The zero-order valence-electron chi connectivity index (χ0n) is 11.7. The van der Waals surface area contributed by atoms with Gasteiger partial charge in [-0.05, 0) is 25.5 Å². The van der Waals surface area contributed by atoms with Gasteiger partial charge in [0.05, 0.1) is 0 Å². The van der Waals surface area contributed by atoms with Crippen molar-refractivity contribution in [2.45, 2.75) is 38.8 Å². The number of nitrogens with zero attached hydrogens (tertiary/aromatic N) is 3. The van der Waals surface area contributed by atoms with E-state index < -0.39 is 0 Å². The van der Waals surface area contributed by atoms with Crippen LogP contribution in [-0.4, -0.2) is 21.8 Å². The smallest absolute Gasteiger partial charge is 0.138 e. The average molecular weight is 258 g/mol. The summed E-state index contributed by atoms with van der Waals surface area (Å²) >= 11 is 0. The molecule has 0 aliphatic rings. The highest BCUT2D eigenvalue weighted by Crippen LogP contribution is 2.17. The van der Waals surface area contributed by atoms with E-state index in [4.69, 9.17) is 0 Å².